The molecule has 6 aromatic rings. The summed E-state index contributed by atoms with van der Waals surface area (Å²) in [7, 11) is 0. The highest BCUT2D eigenvalue weighted by atomic mass is 35.5. The van der Waals surface area contributed by atoms with Crippen LogP contribution in [0.2, 0.25) is 0 Å². The van der Waals surface area contributed by atoms with Crippen molar-refractivity contribution in [3.63, 3.8) is 0 Å². The molecule has 0 saturated carbocycles. The van der Waals surface area contributed by atoms with Crippen LogP contribution >= 0.6 is 11.9 Å². The van der Waals surface area contributed by atoms with Crippen molar-refractivity contribution >= 4 is 40.8 Å². The summed E-state index contributed by atoms with van der Waals surface area (Å²) in [6.07, 6.45) is 1.18. The van der Waals surface area contributed by atoms with Crippen LogP contribution in [0.25, 0.3) is 0 Å². The molecule has 22 heteroatoms. The lowest BCUT2D eigenvalue weighted by Crippen LogP contribution is -1.96. The number of rotatable bonds is 9. The topological polar surface area (TPSA) is 432 Å². The Hall–Kier alpha value is -8.76. The quantitative estimate of drug-likeness (QED) is 0.0526. The zero-order chi connectivity index (χ0) is 54.7. The number of aromatic hydroxyl groups is 13. The van der Waals surface area contributed by atoms with Crippen LogP contribution in [-0.4, -0.2) is 111 Å². The molecule has 0 amide bonds. The van der Waals surface area contributed by atoms with E-state index in [0.717, 1.165) is 24.3 Å². The van der Waals surface area contributed by atoms with Crippen LogP contribution in [0.3, 0.4) is 0 Å². The average Bonchev–Trinajstić information content (AvgIpc) is 3.29. The fourth-order valence-electron chi connectivity index (χ4n) is 5.36. The standard InChI is InChI=1S/5C9H10O3.C6H6O3.ClHO.2H2O/c1-5-8(11)4-3-7(6(2)10)9(5)12;1-6(10)4-7-2-3-8(11)9(12)5-7;1-6(10)5-7-3-2-4-8(11)9(7)12;1-2-8(11)7-4-3-6(10)5-9(7)12;1-2-7(10)6-3-4-8(11)9(12)5-6;7-4-1-5(8)3-6(9)2-4;1-2;;/h3-4,11-12H,1-2H3;2-3,5,11-12H,4H2,1H3;2-4,11-12H,5H2,1H3;3-5,10,12H,2H2,1H3;3-5,11-12H,2H2,1H3;1-3,7-9H;2H;2*1H2. The number of halogens is 1. The predicted octanol–water partition coefficient (Wildman–Crippen LogP) is 6.73. The van der Waals surface area contributed by atoms with Crippen LogP contribution in [0.15, 0.2) is 103 Å². The minimum absolute atomic E-state index is 0. The summed E-state index contributed by atoms with van der Waals surface area (Å²) in [6, 6.07) is 23.1. The monoisotopic (exact) mass is 1040 g/mol. The van der Waals surface area contributed by atoms with Crippen molar-refractivity contribution in [2.45, 2.75) is 67.2 Å². The van der Waals surface area contributed by atoms with E-state index < -0.39 is 0 Å². The molecule has 6 rings (SSSR count). The van der Waals surface area contributed by atoms with E-state index in [4.69, 9.17) is 55.7 Å². The largest absolute Gasteiger partial charge is 0.508 e. The third-order valence-corrected chi connectivity index (χ3v) is 8.92. The molecule has 0 heterocycles. The molecule has 0 aliphatic carbocycles. The molecular weight excluding hydrogens is 984 g/mol. The second kappa shape index (κ2) is 34.5. The van der Waals surface area contributed by atoms with E-state index >= 15 is 0 Å². The first kappa shape index (κ1) is 68.5. The van der Waals surface area contributed by atoms with E-state index in [1.54, 1.807) is 39.0 Å². The highest BCUT2D eigenvalue weighted by Crippen LogP contribution is 2.31. The van der Waals surface area contributed by atoms with E-state index in [2.05, 4.69) is 11.9 Å². The minimum atomic E-state index is -0.255. The second-order valence-electron chi connectivity index (χ2n) is 14.7. The van der Waals surface area contributed by atoms with Crippen LogP contribution in [0.5, 0.6) is 74.7 Å². The molecule has 0 radical (unpaired) electrons. The maximum absolute atomic E-state index is 11.1. The number of carbonyl (C=O) groups excluding carboxylic acids is 5. The molecule has 18 N–H and O–H groups in total. The van der Waals surface area contributed by atoms with E-state index in [0.29, 0.717) is 35.1 Å². The van der Waals surface area contributed by atoms with Gasteiger partial charge in [0.1, 0.15) is 51.8 Å². The number of Topliss-reactive ketones (excluding diaryl/α,β-unsaturated/α-hetero) is 5. The molecule has 398 valence electrons. The lowest BCUT2D eigenvalue weighted by molar-refractivity contribution is -0.117. The molecule has 0 bridgehead atoms. The van der Waals surface area contributed by atoms with Crippen molar-refractivity contribution in [1.82, 2.24) is 0 Å². The SMILES string of the molecule is CC(=O)Cc1ccc(O)c(O)c1.CC(=O)Cc1cccc(O)c1O.CC(=O)c1ccc(O)c(C)c1O.CCC(=O)c1ccc(O)c(O)c1.CCC(=O)c1ccc(O)cc1O.O.O.OCl.Oc1cc(O)cc(O)c1. The summed E-state index contributed by atoms with van der Waals surface area (Å²) < 4.78 is 6.47. The van der Waals surface area contributed by atoms with Gasteiger partial charge in [0.25, 0.3) is 0 Å². The number of para-hydroxylation sites is 1. The van der Waals surface area contributed by atoms with Crippen molar-refractivity contribution in [2.24, 2.45) is 0 Å². The van der Waals surface area contributed by atoms with Gasteiger partial charge in [0.2, 0.25) is 0 Å². The summed E-state index contributed by atoms with van der Waals surface area (Å²) in [6.45, 7) is 9.29. The summed E-state index contributed by atoms with van der Waals surface area (Å²) >= 11 is 3.64. The van der Waals surface area contributed by atoms with Crippen LogP contribution < -0.4 is 0 Å². The normalized spacial score (nSPS) is 9.26. The van der Waals surface area contributed by atoms with Gasteiger partial charge < -0.3 is 77.3 Å². The van der Waals surface area contributed by atoms with Crippen LogP contribution in [0.1, 0.15) is 95.2 Å². The fraction of sp³-hybridized carbons (Fsp3) is 0.196. The third kappa shape index (κ3) is 25.1. The Morgan fingerprint density at radius 2 is 0.890 bits per heavy atom. The van der Waals surface area contributed by atoms with Crippen LogP contribution in [0, 0.1) is 6.92 Å². The molecule has 0 fully saturated rings. The van der Waals surface area contributed by atoms with Gasteiger partial charge in [-0.1, -0.05) is 32.0 Å². The van der Waals surface area contributed by atoms with Crippen LogP contribution in [0.4, 0.5) is 0 Å². The van der Waals surface area contributed by atoms with Crippen molar-refractivity contribution in [1.29, 1.82) is 0 Å². The molecule has 0 aliphatic heterocycles. The Morgan fingerprint density at radius 3 is 1.33 bits per heavy atom. The average molecular weight is 1050 g/mol. The van der Waals surface area contributed by atoms with Crippen molar-refractivity contribution < 1.29 is 106 Å². The molecule has 21 nitrogen and oxygen atoms in total. The Bertz CT molecular complexity index is 2690. The van der Waals surface area contributed by atoms with E-state index in [-0.39, 0.29) is 139 Å². The number of benzene rings is 6. The summed E-state index contributed by atoms with van der Waals surface area (Å²) in [5.74, 6) is -2.40. The van der Waals surface area contributed by atoms with Gasteiger partial charge in [0.05, 0.1) is 23.0 Å². The number of phenolic OH excluding ortho intramolecular Hbond substituents is 13. The Morgan fingerprint density at radius 1 is 0.425 bits per heavy atom. The summed E-state index contributed by atoms with van der Waals surface area (Å²) in [5, 5.41) is 117. The maximum Gasteiger partial charge on any atom is 0.166 e. The predicted molar refractivity (Wildman–Crippen MR) is 268 cm³/mol. The number of carbonyl (C=O) groups is 5. The fourth-order valence-corrected chi connectivity index (χ4v) is 5.36. The molecule has 6 aromatic carbocycles. The van der Waals surface area contributed by atoms with Gasteiger partial charge in [0.15, 0.2) is 51.8 Å². The van der Waals surface area contributed by atoms with Gasteiger partial charge in [-0.3, -0.25) is 28.6 Å². The number of hydrogen-bond acceptors (Lipinski definition) is 19. The van der Waals surface area contributed by atoms with Crippen molar-refractivity contribution in [3.8, 4) is 74.7 Å². The van der Waals surface area contributed by atoms with Gasteiger partial charge in [0, 0.05) is 66.6 Å². The van der Waals surface area contributed by atoms with Crippen LogP contribution in [-0.2, 0) is 22.4 Å². The minimum Gasteiger partial charge on any atom is -0.508 e. The zero-order valence-corrected chi connectivity index (χ0v) is 41.1. The first-order valence-electron chi connectivity index (χ1n) is 20.7. The summed E-state index contributed by atoms with van der Waals surface area (Å²) in [4.78, 5) is 54.4. The second-order valence-corrected chi connectivity index (χ2v) is 14.7. The highest BCUT2D eigenvalue weighted by molar-refractivity contribution is 6.05. The first-order chi connectivity index (χ1) is 33.2. The van der Waals surface area contributed by atoms with Gasteiger partial charge in [-0.05, 0) is 93.9 Å². The summed E-state index contributed by atoms with van der Waals surface area (Å²) in [5.41, 5.74) is 2.43. The molecule has 0 spiro atoms. The number of ketones is 5. The molecule has 73 heavy (non-hydrogen) atoms. The van der Waals surface area contributed by atoms with Gasteiger partial charge >= 0.3 is 0 Å². The van der Waals surface area contributed by atoms with Gasteiger partial charge in [-0.15, -0.1) is 0 Å². The number of phenols is 13. The maximum atomic E-state index is 11.1. The Labute approximate surface area is 424 Å². The lowest BCUT2D eigenvalue weighted by atomic mass is 10.1. The smallest absolute Gasteiger partial charge is 0.166 e. The van der Waals surface area contributed by atoms with Crippen molar-refractivity contribution in [2.75, 3.05) is 0 Å². The van der Waals surface area contributed by atoms with Crippen molar-refractivity contribution in [3.05, 3.63) is 137 Å². The molecule has 0 unspecified atom stereocenters. The Kier molecular flexibility index (Phi) is 32.4. The van der Waals surface area contributed by atoms with E-state index in [1.807, 2.05) is 0 Å². The van der Waals surface area contributed by atoms with Gasteiger partial charge in [-0.25, -0.2) is 0 Å². The molecule has 0 aliphatic rings. The van der Waals surface area contributed by atoms with Gasteiger partial charge in [-0.2, -0.15) is 0 Å². The zero-order valence-electron chi connectivity index (χ0n) is 40.3. The number of hydrogen-bond donors (Lipinski definition) is 14. The first-order valence-corrected chi connectivity index (χ1v) is 21.1. The Balaban J connectivity index is -0.000000797. The molecule has 0 atom stereocenters. The van der Waals surface area contributed by atoms with E-state index in [1.165, 1.54) is 81.4 Å². The lowest BCUT2D eigenvalue weighted by Gasteiger charge is -2.04. The molecule has 0 saturated heterocycles. The highest BCUT2D eigenvalue weighted by Gasteiger charge is 2.12. The molecular formula is C51H61ClO21. The van der Waals surface area contributed by atoms with E-state index in [9.17, 15) is 39.3 Å². The third-order valence-electron chi connectivity index (χ3n) is 8.92. The molecule has 0 aromatic heterocycles.